The van der Waals surface area contributed by atoms with Gasteiger partial charge in [-0.25, -0.2) is 9.97 Å². The Morgan fingerprint density at radius 1 is 1.16 bits per heavy atom. The number of carbonyl (C=O) groups is 1. The maximum Gasteiger partial charge on any atom is 0.251 e. The quantitative estimate of drug-likeness (QED) is 0.529. The van der Waals surface area contributed by atoms with E-state index in [1.807, 2.05) is 30.5 Å². The van der Waals surface area contributed by atoms with Gasteiger partial charge in [0.25, 0.3) is 5.91 Å². The van der Waals surface area contributed by atoms with Gasteiger partial charge in [-0.2, -0.15) is 0 Å². The van der Waals surface area contributed by atoms with Crippen molar-refractivity contribution in [1.29, 1.82) is 0 Å². The summed E-state index contributed by atoms with van der Waals surface area (Å²) in [7, 11) is 0. The van der Waals surface area contributed by atoms with E-state index < -0.39 is 0 Å². The van der Waals surface area contributed by atoms with Crippen LogP contribution in [0.2, 0.25) is 0 Å². The van der Waals surface area contributed by atoms with Crippen LogP contribution in [0.3, 0.4) is 0 Å². The molecule has 7 heteroatoms. The van der Waals surface area contributed by atoms with Gasteiger partial charge in [-0.3, -0.25) is 9.20 Å². The summed E-state index contributed by atoms with van der Waals surface area (Å²) in [4.78, 5) is 22.1. The van der Waals surface area contributed by atoms with Gasteiger partial charge >= 0.3 is 0 Å². The Bertz CT molecular complexity index is 1090. The van der Waals surface area contributed by atoms with Crippen LogP contribution in [0.5, 0.6) is 0 Å². The van der Waals surface area contributed by atoms with Gasteiger partial charge in [-0.15, -0.1) is 0 Å². The van der Waals surface area contributed by atoms with Gasteiger partial charge in [0, 0.05) is 35.8 Å². The van der Waals surface area contributed by atoms with Crippen molar-refractivity contribution in [3.8, 4) is 11.3 Å². The molecule has 1 aromatic carbocycles. The SMILES string of the molecule is CC(C)CNc1nc(C2CCNCC2)cn2c(-c3ccc(C(=O)NC4CC4)cc3)cnc12. The molecule has 1 aliphatic carbocycles. The molecule has 7 nitrogen and oxygen atoms in total. The Hall–Kier alpha value is -2.93. The second kappa shape index (κ2) is 8.90. The molecule has 3 aromatic rings. The lowest BCUT2D eigenvalue weighted by atomic mass is 9.95. The van der Waals surface area contributed by atoms with Gasteiger partial charge in [-0.05, 0) is 56.8 Å². The largest absolute Gasteiger partial charge is 0.367 e. The van der Waals surface area contributed by atoms with Crippen molar-refractivity contribution in [3.05, 3.63) is 47.9 Å². The highest BCUT2D eigenvalue weighted by atomic mass is 16.1. The first kappa shape index (κ1) is 20.9. The van der Waals surface area contributed by atoms with Crippen molar-refractivity contribution < 1.29 is 4.79 Å². The van der Waals surface area contributed by atoms with E-state index in [0.717, 1.165) is 73.7 Å². The number of rotatable bonds is 7. The van der Waals surface area contributed by atoms with Crippen LogP contribution in [0, 0.1) is 5.92 Å². The van der Waals surface area contributed by atoms with Crippen LogP contribution in [0.4, 0.5) is 5.82 Å². The standard InChI is InChI=1S/C25H32N6O/c1-16(2)13-27-23-24-28-14-22(31(24)15-21(30-23)17-9-11-26-12-10-17)18-3-5-19(6-4-18)25(32)29-20-7-8-20/h3-6,14-17,20,26H,7-13H2,1-2H3,(H,27,30)(H,29,32). The van der Waals surface area contributed by atoms with Crippen molar-refractivity contribution in [2.24, 2.45) is 5.92 Å². The fourth-order valence-electron chi connectivity index (χ4n) is 4.24. The van der Waals surface area contributed by atoms with Crippen molar-refractivity contribution in [1.82, 2.24) is 25.0 Å². The molecule has 1 aliphatic heterocycles. The number of hydrogen-bond donors (Lipinski definition) is 3. The monoisotopic (exact) mass is 432 g/mol. The number of carbonyl (C=O) groups excluding carboxylic acids is 1. The van der Waals surface area contributed by atoms with E-state index >= 15 is 0 Å². The van der Waals surface area contributed by atoms with Gasteiger partial charge in [0.15, 0.2) is 11.5 Å². The molecule has 0 spiro atoms. The number of anilines is 1. The third-order valence-corrected chi connectivity index (χ3v) is 6.30. The molecule has 1 amide bonds. The Morgan fingerprint density at radius 2 is 1.91 bits per heavy atom. The summed E-state index contributed by atoms with van der Waals surface area (Å²) in [6.07, 6.45) is 8.43. The smallest absolute Gasteiger partial charge is 0.251 e. The Morgan fingerprint density at radius 3 is 2.59 bits per heavy atom. The van der Waals surface area contributed by atoms with Crippen LogP contribution in [-0.2, 0) is 0 Å². The molecule has 2 aliphatic rings. The second-order valence-corrected chi connectivity index (χ2v) is 9.48. The first-order chi connectivity index (χ1) is 15.6. The minimum absolute atomic E-state index is 0.00904. The Balaban J connectivity index is 1.49. The summed E-state index contributed by atoms with van der Waals surface area (Å²) >= 11 is 0. The van der Waals surface area contributed by atoms with E-state index in [-0.39, 0.29) is 5.91 Å². The molecule has 1 saturated heterocycles. The number of amides is 1. The van der Waals surface area contributed by atoms with Gasteiger partial charge in [0.2, 0.25) is 0 Å². The molecule has 5 rings (SSSR count). The van der Waals surface area contributed by atoms with Crippen LogP contribution >= 0.6 is 0 Å². The summed E-state index contributed by atoms with van der Waals surface area (Å²) in [6.45, 7) is 7.30. The lowest BCUT2D eigenvalue weighted by Crippen LogP contribution is -2.27. The number of benzene rings is 1. The van der Waals surface area contributed by atoms with Crippen LogP contribution in [0.15, 0.2) is 36.7 Å². The van der Waals surface area contributed by atoms with E-state index in [4.69, 9.17) is 9.97 Å². The van der Waals surface area contributed by atoms with Gasteiger partial charge in [0.05, 0.1) is 17.6 Å². The van der Waals surface area contributed by atoms with E-state index in [9.17, 15) is 4.79 Å². The molecular formula is C25H32N6O. The number of aromatic nitrogens is 3. The number of piperidine rings is 1. The van der Waals surface area contributed by atoms with E-state index in [1.165, 1.54) is 0 Å². The molecule has 0 radical (unpaired) electrons. The fourth-order valence-corrected chi connectivity index (χ4v) is 4.24. The van der Waals surface area contributed by atoms with Crippen LogP contribution in [0.25, 0.3) is 16.9 Å². The molecule has 2 fully saturated rings. The molecule has 1 saturated carbocycles. The van der Waals surface area contributed by atoms with Crippen molar-refractivity contribution in [3.63, 3.8) is 0 Å². The lowest BCUT2D eigenvalue weighted by Gasteiger charge is -2.23. The fraction of sp³-hybridized carbons (Fsp3) is 0.480. The maximum atomic E-state index is 12.3. The summed E-state index contributed by atoms with van der Waals surface area (Å²) in [5.41, 5.74) is 4.71. The van der Waals surface area contributed by atoms with Crippen molar-refractivity contribution >= 4 is 17.4 Å². The first-order valence-electron chi connectivity index (χ1n) is 11.8. The molecule has 3 N–H and O–H groups in total. The maximum absolute atomic E-state index is 12.3. The van der Waals surface area contributed by atoms with E-state index in [0.29, 0.717) is 23.4 Å². The predicted molar refractivity (Wildman–Crippen MR) is 127 cm³/mol. The number of nitrogens with one attached hydrogen (secondary N) is 3. The molecular weight excluding hydrogens is 400 g/mol. The summed E-state index contributed by atoms with van der Waals surface area (Å²) < 4.78 is 2.16. The summed E-state index contributed by atoms with van der Waals surface area (Å²) in [6, 6.07) is 8.19. The highest BCUT2D eigenvalue weighted by Crippen LogP contribution is 2.30. The van der Waals surface area contributed by atoms with Gasteiger partial charge in [-0.1, -0.05) is 26.0 Å². The molecule has 0 unspecified atom stereocenters. The van der Waals surface area contributed by atoms with Crippen molar-refractivity contribution in [2.75, 3.05) is 25.0 Å². The average Bonchev–Trinajstić information content (AvgIpc) is 3.53. The number of hydrogen-bond acceptors (Lipinski definition) is 5. The average molecular weight is 433 g/mol. The molecule has 0 bridgehead atoms. The highest BCUT2D eigenvalue weighted by molar-refractivity contribution is 5.95. The molecule has 32 heavy (non-hydrogen) atoms. The second-order valence-electron chi connectivity index (χ2n) is 9.48. The Kier molecular flexibility index (Phi) is 5.83. The molecule has 3 heterocycles. The van der Waals surface area contributed by atoms with Crippen LogP contribution in [-0.4, -0.2) is 46.0 Å². The normalized spacial score (nSPS) is 17.1. The summed E-state index contributed by atoms with van der Waals surface area (Å²) in [5.74, 6) is 1.82. The van der Waals surface area contributed by atoms with E-state index in [2.05, 4.69) is 40.4 Å². The van der Waals surface area contributed by atoms with E-state index in [1.54, 1.807) is 0 Å². The Labute approximate surface area is 189 Å². The number of fused-ring (bicyclic) bond motifs is 1. The van der Waals surface area contributed by atoms with Crippen LogP contribution < -0.4 is 16.0 Å². The van der Waals surface area contributed by atoms with Crippen molar-refractivity contribution in [2.45, 2.75) is 51.5 Å². The third kappa shape index (κ3) is 4.48. The summed E-state index contributed by atoms with van der Waals surface area (Å²) in [5, 5.41) is 10.0. The molecule has 168 valence electrons. The molecule has 0 atom stereocenters. The zero-order valence-corrected chi connectivity index (χ0v) is 18.9. The van der Waals surface area contributed by atoms with Crippen LogP contribution in [0.1, 0.15) is 61.5 Å². The lowest BCUT2D eigenvalue weighted by molar-refractivity contribution is 0.0951. The highest BCUT2D eigenvalue weighted by Gasteiger charge is 2.24. The first-order valence-corrected chi connectivity index (χ1v) is 11.8. The zero-order chi connectivity index (χ0) is 22.1. The topological polar surface area (TPSA) is 83.3 Å². The number of imidazole rings is 1. The minimum atomic E-state index is 0.00904. The van der Waals surface area contributed by atoms with Gasteiger partial charge < -0.3 is 16.0 Å². The predicted octanol–water partition coefficient (Wildman–Crippen LogP) is 3.82. The molecule has 2 aromatic heterocycles. The van der Waals surface area contributed by atoms with Gasteiger partial charge in [0.1, 0.15) is 0 Å². The zero-order valence-electron chi connectivity index (χ0n) is 18.9. The number of nitrogens with zero attached hydrogens (tertiary/aromatic N) is 3. The third-order valence-electron chi connectivity index (χ3n) is 6.30. The minimum Gasteiger partial charge on any atom is -0.367 e.